The topological polar surface area (TPSA) is 35.5 Å². The zero-order valence-corrected chi connectivity index (χ0v) is 18.1. The van der Waals surface area contributed by atoms with E-state index in [1.54, 1.807) is 31.4 Å². The summed E-state index contributed by atoms with van der Waals surface area (Å²) in [6.45, 7) is -0.0830. The third-order valence-corrected chi connectivity index (χ3v) is 6.50. The molecule has 0 aromatic heterocycles. The highest BCUT2D eigenvalue weighted by molar-refractivity contribution is 7.98. The van der Waals surface area contributed by atoms with Crippen molar-refractivity contribution in [1.29, 1.82) is 0 Å². The molecule has 30 heavy (non-hydrogen) atoms. The molecule has 0 spiro atoms. The van der Waals surface area contributed by atoms with Crippen LogP contribution in [0.25, 0.3) is 0 Å². The molecule has 0 aliphatic carbocycles. The van der Waals surface area contributed by atoms with E-state index in [9.17, 15) is 9.18 Å². The first-order valence-corrected chi connectivity index (χ1v) is 11.0. The Hall–Kier alpha value is -2.34. The van der Waals surface area contributed by atoms with Crippen molar-refractivity contribution in [3.8, 4) is 5.75 Å². The lowest BCUT2D eigenvalue weighted by molar-refractivity contribution is -0.120. The Morgan fingerprint density at radius 1 is 1.10 bits per heavy atom. The molecule has 3 aromatic rings. The zero-order chi connectivity index (χ0) is 21.3. The van der Waals surface area contributed by atoms with Crippen LogP contribution in [-0.2, 0) is 14.9 Å². The second-order valence-corrected chi connectivity index (χ2v) is 8.34. The van der Waals surface area contributed by atoms with E-state index in [2.05, 4.69) is 0 Å². The Labute approximate surface area is 184 Å². The van der Waals surface area contributed by atoms with Crippen LogP contribution in [-0.4, -0.2) is 25.8 Å². The summed E-state index contributed by atoms with van der Waals surface area (Å²) >= 11 is 7.63. The van der Waals surface area contributed by atoms with Crippen molar-refractivity contribution in [2.24, 2.45) is 0 Å². The van der Waals surface area contributed by atoms with Gasteiger partial charge in [-0.05, 0) is 59.3 Å². The number of hydrogen-bond acceptors (Lipinski definition) is 4. The molecule has 1 aliphatic heterocycles. The van der Waals surface area contributed by atoms with Crippen molar-refractivity contribution in [3.63, 3.8) is 0 Å². The number of ether oxygens (including phenoxy) is 2. The summed E-state index contributed by atoms with van der Waals surface area (Å²) in [5.41, 5.74) is 0.835. The number of thioether (sulfide) groups is 1. The van der Waals surface area contributed by atoms with Gasteiger partial charge in [-0.25, -0.2) is 4.39 Å². The Morgan fingerprint density at radius 2 is 1.83 bits per heavy atom. The Balaban J connectivity index is 1.99. The lowest BCUT2D eigenvalue weighted by atomic mass is 9.67. The summed E-state index contributed by atoms with van der Waals surface area (Å²) in [5.74, 6) is 0.169. The fourth-order valence-corrected chi connectivity index (χ4v) is 4.78. The molecule has 0 amide bonds. The third-order valence-electron chi connectivity index (χ3n) is 5.50. The number of benzene rings is 3. The quantitative estimate of drug-likeness (QED) is 0.465. The van der Waals surface area contributed by atoms with Crippen LogP contribution in [0.15, 0.2) is 71.6 Å². The standard InChI is InChI=1S/C24H20ClFO3S/c1-28-19-8-4-6-17(13-19)24(16-5-3-7-18(25)12-16)22(27)14-29-23(24)15-9-10-21(30-2)20(26)11-15/h3-13,23H,14H2,1-2H3. The molecule has 2 atom stereocenters. The number of methoxy groups -OCH3 is 1. The SMILES string of the molecule is COc1cccc(C2(c3cccc(Cl)c3)C(=O)COC2c2ccc(SC)c(F)c2)c1. The molecule has 1 aliphatic rings. The number of hydrogen-bond donors (Lipinski definition) is 0. The van der Waals surface area contributed by atoms with E-state index in [0.717, 1.165) is 0 Å². The van der Waals surface area contributed by atoms with Gasteiger partial charge in [0.1, 0.15) is 29.7 Å². The summed E-state index contributed by atoms with van der Waals surface area (Å²) in [6, 6.07) is 19.5. The highest BCUT2D eigenvalue weighted by Crippen LogP contribution is 2.51. The first kappa shape index (κ1) is 20.9. The van der Waals surface area contributed by atoms with Crippen molar-refractivity contribution in [2.45, 2.75) is 16.4 Å². The molecule has 0 saturated carbocycles. The predicted octanol–water partition coefficient (Wildman–Crippen LogP) is 5.84. The summed E-state index contributed by atoms with van der Waals surface area (Å²) in [4.78, 5) is 14.0. The lowest BCUT2D eigenvalue weighted by Gasteiger charge is -2.34. The number of Topliss-reactive ketones (excluding diaryl/α,β-unsaturated/α-hetero) is 1. The lowest BCUT2D eigenvalue weighted by Crippen LogP contribution is -2.38. The first-order valence-electron chi connectivity index (χ1n) is 9.39. The average molecular weight is 443 g/mol. The predicted molar refractivity (Wildman–Crippen MR) is 117 cm³/mol. The van der Waals surface area contributed by atoms with Gasteiger partial charge >= 0.3 is 0 Å². The van der Waals surface area contributed by atoms with E-state index >= 15 is 0 Å². The third kappa shape index (κ3) is 3.41. The molecule has 2 unspecified atom stereocenters. The Kier molecular flexibility index (Phi) is 5.87. The van der Waals surface area contributed by atoms with E-state index in [1.165, 1.54) is 17.8 Å². The zero-order valence-electron chi connectivity index (χ0n) is 16.5. The van der Waals surface area contributed by atoms with Gasteiger partial charge in [0.05, 0.1) is 7.11 Å². The van der Waals surface area contributed by atoms with Crippen LogP contribution >= 0.6 is 23.4 Å². The summed E-state index contributed by atoms with van der Waals surface area (Å²) in [5, 5.41) is 0.511. The van der Waals surface area contributed by atoms with E-state index in [0.29, 0.717) is 32.4 Å². The van der Waals surface area contributed by atoms with E-state index in [4.69, 9.17) is 21.1 Å². The normalized spacial score (nSPS) is 21.1. The molecule has 1 heterocycles. The van der Waals surface area contributed by atoms with Gasteiger partial charge in [0.2, 0.25) is 0 Å². The van der Waals surface area contributed by atoms with Crippen molar-refractivity contribution in [2.75, 3.05) is 20.0 Å². The Bertz CT molecular complexity index is 1100. The van der Waals surface area contributed by atoms with Gasteiger partial charge in [-0.1, -0.05) is 41.9 Å². The molecule has 6 heteroatoms. The fourth-order valence-electron chi connectivity index (χ4n) is 4.13. The van der Waals surface area contributed by atoms with Gasteiger partial charge in [-0.3, -0.25) is 4.79 Å². The average Bonchev–Trinajstić information content (AvgIpc) is 3.11. The van der Waals surface area contributed by atoms with Gasteiger partial charge in [0.15, 0.2) is 5.78 Å². The second-order valence-electron chi connectivity index (χ2n) is 7.06. The van der Waals surface area contributed by atoms with Crippen LogP contribution in [0.5, 0.6) is 5.75 Å². The Morgan fingerprint density at radius 3 is 2.50 bits per heavy atom. The van der Waals surface area contributed by atoms with E-state index in [-0.39, 0.29) is 18.2 Å². The monoisotopic (exact) mass is 442 g/mol. The maximum atomic E-state index is 14.6. The van der Waals surface area contributed by atoms with Crippen LogP contribution in [0.4, 0.5) is 4.39 Å². The highest BCUT2D eigenvalue weighted by Gasteiger charge is 2.54. The minimum Gasteiger partial charge on any atom is -0.497 e. The fraction of sp³-hybridized carbons (Fsp3) is 0.208. The van der Waals surface area contributed by atoms with Gasteiger partial charge in [0.25, 0.3) is 0 Å². The number of halogens is 2. The largest absolute Gasteiger partial charge is 0.497 e. The van der Waals surface area contributed by atoms with Crippen molar-refractivity contribution < 1.29 is 18.7 Å². The molecule has 3 aromatic carbocycles. The first-order chi connectivity index (χ1) is 14.5. The van der Waals surface area contributed by atoms with Crippen LogP contribution in [0.1, 0.15) is 22.8 Å². The summed E-state index contributed by atoms with van der Waals surface area (Å²) < 4.78 is 26.1. The molecular formula is C24H20ClFO3S. The molecule has 3 nitrogen and oxygen atoms in total. The number of carbonyl (C=O) groups excluding carboxylic acids is 1. The van der Waals surface area contributed by atoms with Crippen molar-refractivity contribution >= 4 is 29.1 Å². The van der Waals surface area contributed by atoms with Crippen LogP contribution < -0.4 is 4.74 Å². The highest BCUT2D eigenvalue weighted by atomic mass is 35.5. The molecule has 154 valence electrons. The maximum absolute atomic E-state index is 14.6. The van der Waals surface area contributed by atoms with Crippen LogP contribution in [0.2, 0.25) is 5.02 Å². The summed E-state index contributed by atoms with van der Waals surface area (Å²) in [7, 11) is 1.58. The minimum atomic E-state index is -1.17. The molecular weight excluding hydrogens is 423 g/mol. The van der Waals surface area contributed by atoms with Gasteiger partial charge in [-0.15, -0.1) is 11.8 Å². The maximum Gasteiger partial charge on any atom is 0.176 e. The van der Waals surface area contributed by atoms with Gasteiger partial charge in [0, 0.05) is 9.92 Å². The molecule has 1 saturated heterocycles. The minimum absolute atomic E-state index is 0.0830. The van der Waals surface area contributed by atoms with E-state index < -0.39 is 11.5 Å². The number of carbonyl (C=O) groups is 1. The van der Waals surface area contributed by atoms with Crippen molar-refractivity contribution in [1.82, 2.24) is 0 Å². The van der Waals surface area contributed by atoms with Gasteiger partial charge < -0.3 is 9.47 Å². The second kappa shape index (κ2) is 8.42. The molecule has 0 N–H and O–H groups in total. The number of rotatable bonds is 5. The molecule has 1 fully saturated rings. The molecule has 4 rings (SSSR count). The number of ketones is 1. The molecule has 0 bridgehead atoms. The van der Waals surface area contributed by atoms with Gasteiger partial charge in [-0.2, -0.15) is 0 Å². The van der Waals surface area contributed by atoms with Crippen molar-refractivity contribution in [3.05, 3.63) is 94.3 Å². The van der Waals surface area contributed by atoms with Crippen LogP contribution in [0, 0.1) is 5.82 Å². The smallest absolute Gasteiger partial charge is 0.176 e. The molecule has 0 radical (unpaired) electrons. The summed E-state index contributed by atoms with van der Waals surface area (Å²) in [6.07, 6.45) is 1.11. The van der Waals surface area contributed by atoms with Crippen LogP contribution in [0.3, 0.4) is 0 Å². The van der Waals surface area contributed by atoms with E-state index in [1.807, 2.05) is 42.7 Å².